The van der Waals surface area contributed by atoms with Crippen LogP contribution in [0.2, 0.25) is 0 Å². The Bertz CT molecular complexity index is 352. The van der Waals surface area contributed by atoms with Crippen molar-refractivity contribution in [3.63, 3.8) is 0 Å². The van der Waals surface area contributed by atoms with E-state index in [0.29, 0.717) is 0 Å². The maximum absolute atomic E-state index is 4.60. The first-order chi connectivity index (χ1) is 8.74. The fourth-order valence-corrected chi connectivity index (χ4v) is 3.16. The number of alkyl halides is 1. The van der Waals surface area contributed by atoms with Crippen molar-refractivity contribution in [1.29, 1.82) is 0 Å². The highest BCUT2D eigenvalue weighted by molar-refractivity contribution is 14.1. The Morgan fingerprint density at radius 3 is 2.67 bits per heavy atom. The molecule has 0 fully saturated rings. The van der Waals surface area contributed by atoms with Crippen molar-refractivity contribution >= 4 is 38.5 Å². The number of rotatable bonds is 9. The van der Waals surface area contributed by atoms with Crippen LogP contribution in [0.1, 0.15) is 44.5 Å². The fourth-order valence-electron chi connectivity index (χ4n) is 1.91. The normalized spacial score (nSPS) is 11.1. The van der Waals surface area contributed by atoms with E-state index in [1.165, 1.54) is 39.6 Å². The quantitative estimate of drug-likeness (QED) is 0.367. The van der Waals surface area contributed by atoms with E-state index in [1.807, 2.05) is 0 Å². The number of halogens is 2. The standard InChI is InChI=1S/C13H23BrIN3/c1-3-11-13(14)12(18(4-2)17-11)10-16-9-7-5-6-8-15/h16H,3-10H2,1-2H3. The largest absolute Gasteiger partial charge is 0.311 e. The molecule has 5 heteroatoms. The molecule has 0 aromatic carbocycles. The Morgan fingerprint density at radius 1 is 1.28 bits per heavy atom. The van der Waals surface area contributed by atoms with E-state index in [9.17, 15) is 0 Å². The van der Waals surface area contributed by atoms with Crippen LogP contribution in [-0.4, -0.2) is 20.8 Å². The SMILES string of the molecule is CCc1nn(CC)c(CNCCCCCI)c1Br. The lowest BCUT2D eigenvalue weighted by Crippen LogP contribution is -2.18. The van der Waals surface area contributed by atoms with E-state index in [2.05, 4.69) is 67.5 Å². The van der Waals surface area contributed by atoms with E-state index in [0.717, 1.165) is 26.1 Å². The predicted octanol–water partition coefficient (Wildman–Crippen LogP) is 3.92. The van der Waals surface area contributed by atoms with Crippen LogP contribution >= 0.6 is 38.5 Å². The Balaban J connectivity index is 2.43. The third-order valence-electron chi connectivity index (χ3n) is 2.97. The molecule has 1 rings (SSSR count). The highest BCUT2D eigenvalue weighted by Gasteiger charge is 2.12. The Labute approximate surface area is 132 Å². The van der Waals surface area contributed by atoms with Crippen LogP contribution in [0, 0.1) is 0 Å². The zero-order valence-electron chi connectivity index (χ0n) is 11.3. The molecule has 0 unspecified atom stereocenters. The van der Waals surface area contributed by atoms with Crippen LogP contribution < -0.4 is 5.32 Å². The zero-order chi connectivity index (χ0) is 13.4. The van der Waals surface area contributed by atoms with Gasteiger partial charge in [-0.3, -0.25) is 4.68 Å². The van der Waals surface area contributed by atoms with Gasteiger partial charge in [-0.1, -0.05) is 35.9 Å². The molecule has 3 nitrogen and oxygen atoms in total. The maximum atomic E-state index is 4.60. The summed E-state index contributed by atoms with van der Waals surface area (Å²) in [5.41, 5.74) is 2.45. The minimum Gasteiger partial charge on any atom is -0.311 e. The van der Waals surface area contributed by atoms with Gasteiger partial charge in [-0.05, 0) is 53.1 Å². The number of nitrogens with one attached hydrogen (secondary N) is 1. The lowest BCUT2D eigenvalue weighted by Gasteiger charge is -2.07. The number of hydrogen-bond acceptors (Lipinski definition) is 2. The van der Waals surface area contributed by atoms with Gasteiger partial charge < -0.3 is 5.32 Å². The molecule has 0 saturated heterocycles. The Kier molecular flexibility index (Phi) is 8.50. The highest BCUT2D eigenvalue weighted by atomic mass is 127. The van der Waals surface area contributed by atoms with Gasteiger partial charge in [0.25, 0.3) is 0 Å². The van der Waals surface area contributed by atoms with Gasteiger partial charge in [-0.15, -0.1) is 0 Å². The van der Waals surface area contributed by atoms with Gasteiger partial charge in [0.1, 0.15) is 0 Å². The van der Waals surface area contributed by atoms with E-state index >= 15 is 0 Å². The molecule has 0 aliphatic heterocycles. The average Bonchev–Trinajstić information content (AvgIpc) is 2.70. The fraction of sp³-hybridized carbons (Fsp3) is 0.769. The molecule has 0 aliphatic carbocycles. The van der Waals surface area contributed by atoms with Crippen molar-refractivity contribution in [1.82, 2.24) is 15.1 Å². The lowest BCUT2D eigenvalue weighted by atomic mass is 10.2. The second-order valence-corrected chi connectivity index (χ2v) is 6.17. The van der Waals surface area contributed by atoms with Crippen molar-refractivity contribution in [3.8, 4) is 0 Å². The van der Waals surface area contributed by atoms with E-state index in [-0.39, 0.29) is 0 Å². The number of nitrogens with zero attached hydrogens (tertiary/aromatic N) is 2. The summed E-state index contributed by atoms with van der Waals surface area (Å²) in [6, 6.07) is 0. The first-order valence-electron chi connectivity index (χ1n) is 6.75. The van der Waals surface area contributed by atoms with Gasteiger partial charge in [0.15, 0.2) is 0 Å². The van der Waals surface area contributed by atoms with Gasteiger partial charge in [0.2, 0.25) is 0 Å². The molecule has 0 amide bonds. The topological polar surface area (TPSA) is 29.9 Å². The van der Waals surface area contributed by atoms with Crippen LogP contribution in [0.5, 0.6) is 0 Å². The summed E-state index contributed by atoms with van der Waals surface area (Å²) >= 11 is 6.11. The summed E-state index contributed by atoms with van der Waals surface area (Å²) in [6.45, 7) is 7.23. The number of aryl methyl sites for hydroxylation is 2. The Hall–Kier alpha value is 0.380. The second kappa shape index (κ2) is 9.31. The van der Waals surface area contributed by atoms with E-state index in [4.69, 9.17) is 0 Å². The summed E-state index contributed by atoms with van der Waals surface area (Å²) in [7, 11) is 0. The summed E-state index contributed by atoms with van der Waals surface area (Å²) in [6.07, 6.45) is 4.90. The second-order valence-electron chi connectivity index (χ2n) is 4.30. The zero-order valence-corrected chi connectivity index (χ0v) is 15.1. The third kappa shape index (κ3) is 4.81. The van der Waals surface area contributed by atoms with Gasteiger partial charge in [0, 0.05) is 13.1 Å². The molecule has 1 heterocycles. The Morgan fingerprint density at radius 2 is 2.06 bits per heavy atom. The minimum absolute atomic E-state index is 0.908. The number of aromatic nitrogens is 2. The molecule has 0 radical (unpaired) electrons. The van der Waals surface area contributed by atoms with Gasteiger partial charge in [-0.2, -0.15) is 5.10 Å². The molecule has 0 atom stereocenters. The summed E-state index contributed by atoms with van der Waals surface area (Å²) in [5.74, 6) is 0. The first kappa shape index (κ1) is 16.4. The van der Waals surface area contributed by atoms with E-state index < -0.39 is 0 Å². The van der Waals surface area contributed by atoms with Crippen LogP contribution in [0.3, 0.4) is 0 Å². The molecule has 18 heavy (non-hydrogen) atoms. The van der Waals surface area contributed by atoms with Crippen LogP contribution in [0.25, 0.3) is 0 Å². The van der Waals surface area contributed by atoms with Gasteiger partial charge >= 0.3 is 0 Å². The highest BCUT2D eigenvalue weighted by Crippen LogP contribution is 2.22. The molecule has 1 N–H and O–H groups in total. The number of hydrogen-bond donors (Lipinski definition) is 1. The molecule has 0 spiro atoms. The molecule has 0 bridgehead atoms. The van der Waals surface area contributed by atoms with E-state index in [1.54, 1.807) is 0 Å². The monoisotopic (exact) mass is 427 g/mol. The van der Waals surface area contributed by atoms with Crippen molar-refractivity contribution in [2.75, 3.05) is 11.0 Å². The van der Waals surface area contributed by atoms with Crippen molar-refractivity contribution < 1.29 is 0 Å². The van der Waals surface area contributed by atoms with Crippen molar-refractivity contribution in [2.45, 2.75) is 52.6 Å². The van der Waals surface area contributed by atoms with Crippen molar-refractivity contribution in [2.24, 2.45) is 0 Å². The molecular weight excluding hydrogens is 405 g/mol. The van der Waals surface area contributed by atoms with Crippen molar-refractivity contribution in [3.05, 3.63) is 15.9 Å². The predicted molar refractivity (Wildman–Crippen MR) is 89.4 cm³/mol. The molecule has 0 saturated carbocycles. The maximum Gasteiger partial charge on any atom is 0.0767 e. The number of unbranched alkanes of at least 4 members (excludes halogenated alkanes) is 2. The summed E-state index contributed by atoms with van der Waals surface area (Å²) in [5, 5.41) is 8.12. The molecule has 1 aromatic rings. The molecule has 104 valence electrons. The lowest BCUT2D eigenvalue weighted by molar-refractivity contribution is 0.561. The molecular formula is C13H23BrIN3. The van der Waals surface area contributed by atoms with Crippen LogP contribution in [-0.2, 0) is 19.5 Å². The van der Waals surface area contributed by atoms with Gasteiger partial charge in [-0.25, -0.2) is 0 Å². The van der Waals surface area contributed by atoms with Crippen LogP contribution in [0.15, 0.2) is 4.47 Å². The average molecular weight is 428 g/mol. The molecule has 0 aliphatic rings. The smallest absolute Gasteiger partial charge is 0.0767 e. The third-order valence-corrected chi connectivity index (χ3v) is 4.65. The first-order valence-corrected chi connectivity index (χ1v) is 9.07. The minimum atomic E-state index is 0.908. The van der Waals surface area contributed by atoms with Crippen LogP contribution in [0.4, 0.5) is 0 Å². The summed E-state index contributed by atoms with van der Waals surface area (Å²) < 4.78 is 4.55. The molecule has 1 aromatic heterocycles. The van der Waals surface area contributed by atoms with Gasteiger partial charge in [0.05, 0.1) is 15.9 Å². The summed E-state index contributed by atoms with van der Waals surface area (Å²) in [4.78, 5) is 0.